The van der Waals surface area contributed by atoms with E-state index in [4.69, 9.17) is 61.6 Å². The zero-order valence-corrected chi connectivity index (χ0v) is 43.3. The van der Waals surface area contributed by atoms with Crippen molar-refractivity contribution in [1.82, 2.24) is 14.8 Å². The summed E-state index contributed by atoms with van der Waals surface area (Å²) in [4.78, 5) is 37.7. The normalized spacial score (nSPS) is 15.1. The van der Waals surface area contributed by atoms with Crippen LogP contribution in [0.25, 0.3) is 0 Å². The highest BCUT2D eigenvalue weighted by Crippen LogP contribution is 2.36. The summed E-state index contributed by atoms with van der Waals surface area (Å²) in [7, 11) is 2.58. The molecule has 0 bridgehead atoms. The van der Waals surface area contributed by atoms with Crippen LogP contribution in [0.1, 0.15) is 25.6 Å². The third kappa shape index (κ3) is 16.1. The minimum absolute atomic E-state index is 0.0401. The third-order valence-corrected chi connectivity index (χ3v) is 13.3. The number of halogens is 1. The van der Waals surface area contributed by atoms with Gasteiger partial charge in [-0.3, -0.25) is 19.4 Å². The topological polar surface area (TPSA) is 216 Å². The lowest BCUT2D eigenvalue weighted by Crippen LogP contribution is -2.38. The number of thiocarbonyl (C=S) groups is 1. The Morgan fingerprint density at radius 2 is 1.29 bits per heavy atom. The monoisotopic (exact) mass is 1100 g/mol. The van der Waals surface area contributed by atoms with Gasteiger partial charge in [0, 0.05) is 67.3 Å². The number of thioether (sulfide) groups is 1. The number of aromatic nitrogens is 1. The van der Waals surface area contributed by atoms with Crippen LogP contribution < -0.4 is 50.5 Å². The van der Waals surface area contributed by atoms with Crippen LogP contribution in [0, 0.1) is 0 Å². The van der Waals surface area contributed by atoms with Gasteiger partial charge >= 0.3 is 0 Å². The van der Waals surface area contributed by atoms with E-state index in [1.54, 1.807) is 36.4 Å². The van der Waals surface area contributed by atoms with E-state index in [0.717, 1.165) is 94.1 Å². The Morgan fingerprint density at radius 1 is 0.771 bits per heavy atom. The number of carbonyl (C=O) groups excluding carboxylic acids is 2. The highest BCUT2D eigenvalue weighted by Gasteiger charge is 2.22. The number of rotatable bonds is 16. The van der Waals surface area contributed by atoms with E-state index in [9.17, 15) is 9.59 Å². The number of ketones is 2. The fourth-order valence-electron chi connectivity index (χ4n) is 6.86. The van der Waals surface area contributed by atoms with Crippen LogP contribution in [0.2, 0.25) is 0 Å². The molecule has 1 aromatic heterocycles. The predicted molar refractivity (Wildman–Crippen MR) is 285 cm³/mol. The van der Waals surface area contributed by atoms with Gasteiger partial charge in [-0.1, -0.05) is 39.0 Å². The molecule has 372 valence electrons. The highest BCUT2D eigenvalue weighted by atomic mass is 79.9. The molecule has 2 fully saturated rings. The molecule has 5 heterocycles. The first kappa shape index (κ1) is 52.5. The van der Waals surface area contributed by atoms with Crippen LogP contribution in [0.4, 0.5) is 22.3 Å². The Hall–Kier alpha value is -5.29. The number of anilines is 4. The minimum Gasteiger partial charge on any atom is -0.492 e. The molecule has 18 nitrogen and oxygen atoms in total. The van der Waals surface area contributed by atoms with E-state index in [0.29, 0.717) is 73.0 Å². The molecule has 4 aliphatic rings. The zero-order valence-electron chi connectivity index (χ0n) is 38.1. The molecule has 0 amide bonds. The number of Topliss-reactive ketones (excluding diaryl/α,β-unsaturated/α-hetero) is 1. The lowest BCUT2D eigenvalue weighted by molar-refractivity contribution is 0.0321. The lowest BCUT2D eigenvalue weighted by atomic mass is 10.1. The standard InChI is InChI=1S/C23H24N4O5S.C15H23N4O2PS2.C9H7BrO3/c24-22-21(20(28)15-1-6-18-19(13-15)32-14-31-18)33-23(26-22)25-16-2-4-17(5-3-16)30-12-9-27-7-10-29-11-8-27;16-14(24-11-22)18-15(23)17-12-1-3-13(4-2-12)21-10-7-19-5-8-20-9-6-19;10-4-7(11)6-1-2-8-9(3-6)13-5-12-8/h1-6,13H,7-12,14,24H2,(H,25,26);1-4H,5-11,22H2,(H3,16,17,18,23);1-3H,4-5H2. The lowest BCUT2D eigenvalue weighted by Gasteiger charge is -2.26. The van der Waals surface area contributed by atoms with Crippen molar-refractivity contribution in [3.8, 4) is 34.5 Å². The summed E-state index contributed by atoms with van der Waals surface area (Å²) in [5.41, 5.74) is 15.3. The second kappa shape index (κ2) is 27.4. The van der Waals surface area contributed by atoms with E-state index < -0.39 is 0 Å². The fraction of sp³-hybridized carbons (Fsp3) is 0.340. The molecule has 0 radical (unpaired) electrons. The summed E-state index contributed by atoms with van der Waals surface area (Å²) < 4.78 is 43.2. The molecule has 23 heteroatoms. The summed E-state index contributed by atoms with van der Waals surface area (Å²) in [5.74, 6) is 4.17. The minimum atomic E-state index is -0.208. The van der Waals surface area contributed by atoms with E-state index in [2.05, 4.69) is 55.6 Å². The number of thiazole rings is 1. The van der Waals surface area contributed by atoms with Gasteiger partial charge in [-0.05, 0) is 97.1 Å². The molecule has 9 rings (SSSR count). The van der Waals surface area contributed by atoms with Gasteiger partial charge < -0.3 is 60.0 Å². The van der Waals surface area contributed by atoms with E-state index in [-0.39, 0.29) is 31.0 Å². The number of carbonyl (C=O) groups is 2. The molecular weight excluding hydrogens is 1040 g/mol. The molecule has 5 aromatic rings. The Kier molecular flexibility index (Phi) is 20.5. The fourth-order valence-corrected chi connectivity index (χ4v) is 9.16. The number of fused-ring (bicyclic) bond motifs is 2. The Balaban J connectivity index is 0.000000170. The SMILES string of the molecule is NC(=NC(=S)Nc1ccc(OCCN2CCOCC2)cc1)SCP.Nc1nc(Nc2ccc(OCCN3CCOCC3)cc2)sc1C(=O)c1ccc2c(c1)OCO2.O=C(CBr)c1ccc2c(c1)OCO2. The molecule has 0 saturated carbocycles. The molecular formula is C47H54BrN8O10PS3. The van der Waals surface area contributed by atoms with Crippen LogP contribution in [-0.4, -0.2) is 140 Å². The van der Waals surface area contributed by atoms with Crippen LogP contribution >= 0.6 is 60.5 Å². The van der Waals surface area contributed by atoms with Crippen molar-refractivity contribution in [2.45, 2.75) is 0 Å². The van der Waals surface area contributed by atoms with Gasteiger partial charge in [0.1, 0.15) is 35.4 Å². The average molecular weight is 1100 g/mol. The second-order valence-electron chi connectivity index (χ2n) is 15.2. The Bertz CT molecular complexity index is 2550. The van der Waals surface area contributed by atoms with Crippen molar-refractivity contribution in [2.75, 3.05) is 120 Å². The maximum Gasteiger partial charge on any atom is 0.231 e. The van der Waals surface area contributed by atoms with Gasteiger partial charge in [0.15, 0.2) is 44.2 Å². The summed E-state index contributed by atoms with van der Waals surface area (Å²) >= 11 is 10.9. The third-order valence-electron chi connectivity index (χ3n) is 10.5. The first-order valence-corrected chi connectivity index (χ1v) is 26.3. The molecule has 70 heavy (non-hydrogen) atoms. The number of hydrogen-bond donors (Lipinski definition) is 4. The largest absolute Gasteiger partial charge is 0.492 e. The molecule has 0 aliphatic carbocycles. The van der Waals surface area contributed by atoms with Gasteiger partial charge in [-0.25, -0.2) is 4.98 Å². The van der Waals surface area contributed by atoms with Crippen molar-refractivity contribution in [1.29, 1.82) is 0 Å². The molecule has 1 atom stereocenters. The van der Waals surface area contributed by atoms with Crippen LogP contribution in [0.15, 0.2) is 89.9 Å². The zero-order chi connectivity index (χ0) is 49.1. The first-order chi connectivity index (χ1) is 34.1. The van der Waals surface area contributed by atoms with Gasteiger partial charge in [0.25, 0.3) is 0 Å². The number of aliphatic imine (C=N–C) groups is 1. The Morgan fingerprint density at radius 3 is 1.83 bits per heavy atom. The van der Waals surface area contributed by atoms with Crippen molar-refractivity contribution in [3.05, 3.63) is 101 Å². The summed E-state index contributed by atoms with van der Waals surface area (Å²) in [6, 6.07) is 25.5. The number of nitrogens with one attached hydrogen (secondary N) is 2. The number of hydrogen-bond acceptors (Lipinski definition) is 18. The molecule has 6 N–H and O–H groups in total. The number of amidine groups is 1. The number of morpholine rings is 2. The molecule has 4 aliphatic heterocycles. The number of nitrogen functional groups attached to an aromatic ring is 1. The number of nitrogens with zero attached hydrogens (tertiary/aromatic N) is 4. The van der Waals surface area contributed by atoms with Gasteiger partial charge in [0.2, 0.25) is 19.4 Å². The van der Waals surface area contributed by atoms with E-state index in [1.807, 2.05) is 48.5 Å². The number of nitrogens with two attached hydrogens (primary N) is 2. The smallest absolute Gasteiger partial charge is 0.231 e. The van der Waals surface area contributed by atoms with Crippen LogP contribution in [-0.2, 0) is 9.47 Å². The maximum absolute atomic E-state index is 12.9. The number of benzene rings is 4. The van der Waals surface area contributed by atoms with Gasteiger partial charge in [0.05, 0.1) is 31.8 Å². The number of ether oxygens (including phenoxy) is 8. The molecule has 0 spiro atoms. The van der Waals surface area contributed by atoms with Crippen molar-refractivity contribution >= 4 is 105 Å². The molecule has 2 saturated heterocycles. The van der Waals surface area contributed by atoms with E-state index >= 15 is 0 Å². The highest BCUT2D eigenvalue weighted by molar-refractivity contribution is 9.09. The second-order valence-corrected chi connectivity index (χ2v) is 19.2. The molecule has 1 unspecified atom stereocenters. The predicted octanol–water partition coefficient (Wildman–Crippen LogP) is 7.11. The number of alkyl halides is 1. The first-order valence-electron chi connectivity index (χ1n) is 22.1. The molecule has 4 aromatic carbocycles. The van der Waals surface area contributed by atoms with E-state index in [1.165, 1.54) is 23.1 Å². The van der Waals surface area contributed by atoms with Crippen molar-refractivity contribution in [3.63, 3.8) is 0 Å². The van der Waals surface area contributed by atoms with Crippen LogP contribution in [0.3, 0.4) is 0 Å². The average Bonchev–Trinajstić information content (AvgIpc) is 4.15. The van der Waals surface area contributed by atoms with Gasteiger partial charge in [-0.15, -0.1) is 9.24 Å². The quantitative estimate of drug-likeness (QED) is 0.0193. The van der Waals surface area contributed by atoms with Crippen molar-refractivity contribution < 1.29 is 47.5 Å². The maximum atomic E-state index is 12.9. The van der Waals surface area contributed by atoms with Crippen LogP contribution in [0.5, 0.6) is 34.5 Å². The summed E-state index contributed by atoms with van der Waals surface area (Å²) in [5, 5.41) is 7.90. The summed E-state index contributed by atoms with van der Waals surface area (Å²) in [6.07, 6.45) is 0. The Labute approximate surface area is 430 Å². The summed E-state index contributed by atoms with van der Waals surface area (Å²) in [6.45, 7) is 10.5. The van der Waals surface area contributed by atoms with Gasteiger partial charge in [-0.2, -0.15) is 4.99 Å². The van der Waals surface area contributed by atoms with Crippen molar-refractivity contribution in [2.24, 2.45) is 10.7 Å².